The van der Waals surface area contributed by atoms with Gasteiger partial charge in [-0.25, -0.2) is 8.42 Å². The Balaban J connectivity index is 2.04. The number of hydrogen-bond donors (Lipinski definition) is 1. The number of aryl methyl sites for hydroxylation is 1. The molecule has 3 aromatic rings. The molecular formula is C16H15N3O5S2. The van der Waals surface area contributed by atoms with Crippen molar-refractivity contribution >= 4 is 43.0 Å². The van der Waals surface area contributed by atoms with Crippen LogP contribution < -0.4 is 9.60 Å². The normalized spacial score (nSPS) is 11.6. The van der Waals surface area contributed by atoms with Crippen molar-refractivity contribution in [2.24, 2.45) is 0 Å². The number of nitrogens with zero attached hydrogens (tertiary/aromatic N) is 2. The third kappa shape index (κ3) is 3.08. The second-order valence-corrected chi connectivity index (χ2v) is 8.23. The molecule has 0 radical (unpaired) electrons. The molecule has 1 N–H and O–H groups in total. The van der Waals surface area contributed by atoms with Crippen LogP contribution in [0, 0.1) is 17.0 Å². The van der Waals surface area contributed by atoms with Crippen molar-refractivity contribution in [1.29, 1.82) is 0 Å². The summed E-state index contributed by atoms with van der Waals surface area (Å²) in [6, 6.07) is 8.62. The first-order valence-corrected chi connectivity index (χ1v) is 9.94. The minimum Gasteiger partial charge on any atom is -0.299 e. The molecule has 0 saturated carbocycles. The Morgan fingerprint density at radius 1 is 1.27 bits per heavy atom. The lowest BCUT2D eigenvalue weighted by Crippen LogP contribution is -2.14. The van der Waals surface area contributed by atoms with Gasteiger partial charge < -0.3 is 0 Å². The zero-order chi connectivity index (χ0) is 19.1. The molecule has 1 aromatic heterocycles. The Hall–Kier alpha value is -2.72. The lowest BCUT2D eigenvalue weighted by molar-refractivity contribution is -0.385. The van der Waals surface area contributed by atoms with E-state index in [2.05, 4.69) is 4.72 Å². The van der Waals surface area contributed by atoms with Crippen molar-refractivity contribution in [3.8, 4) is 0 Å². The number of benzene rings is 2. The number of nitro benzene ring substituents is 1. The van der Waals surface area contributed by atoms with Gasteiger partial charge in [0.1, 0.15) is 0 Å². The van der Waals surface area contributed by atoms with Gasteiger partial charge in [0.2, 0.25) is 0 Å². The van der Waals surface area contributed by atoms with Crippen molar-refractivity contribution in [1.82, 2.24) is 4.57 Å². The molecular weight excluding hydrogens is 378 g/mol. The molecule has 0 fully saturated rings. The molecule has 0 bridgehead atoms. The van der Waals surface area contributed by atoms with E-state index in [1.165, 1.54) is 37.3 Å². The molecule has 0 aliphatic carbocycles. The van der Waals surface area contributed by atoms with Gasteiger partial charge in [0.15, 0.2) is 0 Å². The van der Waals surface area contributed by atoms with Crippen molar-refractivity contribution in [3.05, 3.63) is 61.7 Å². The topological polar surface area (TPSA) is 111 Å². The van der Waals surface area contributed by atoms with Crippen molar-refractivity contribution in [2.45, 2.75) is 25.3 Å². The molecule has 8 nitrogen and oxygen atoms in total. The summed E-state index contributed by atoms with van der Waals surface area (Å²) in [5, 5.41) is 11.0. The molecule has 0 amide bonds. The molecule has 3 rings (SSSR count). The number of rotatable bonds is 5. The van der Waals surface area contributed by atoms with Crippen LogP contribution >= 0.6 is 11.3 Å². The highest BCUT2D eigenvalue weighted by atomic mass is 32.2. The molecule has 136 valence electrons. The van der Waals surface area contributed by atoms with E-state index in [0.29, 0.717) is 16.8 Å². The van der Waals surface area contributed by atoms with Crippen molar-refractivity contribution < 1.29 is 13.3 Å². The Kier molecular flexibility index (Phi) is 4.55. The van der Waals surface area contributed by atoms with Crippen LogP contribution in [0.3, 0.4) is 0 Å². The maximum atomic E-state index is 12.7. The van der Waals surface area contributed by atoms with E-state index in [1.807, 2.05) is 6.92 Å². The molecule has 0 saturated heterocycles. The Morgan fingerprint density at radius 2 is 2.00 bits per heavy atom. The zero-order valence-electron chi connectivity index (χ0n) is 13.9. The Bertz CT molecular complexity index is 1180. The molecule has 2 aromatic carbocycles. The van der Waals surface area contributed by atoms with E-state index in [9.17, 15) is 23.3 Å². The van der Waals surface area contributed by atoms with Gasteiger partial charge in [-0.1, -0.05) is 17.4 Å². The average molecular weight is 393 g/mol. The van der Waals surface area contributed by atoms with E-state index in [4.69, 9.17) is 0 Å². The molecule has 0 spiro atoms. The molecule has 0 aliphatic heterocycles. The lowest BCUT2D eigenvalue weighted by atomic mass is 10.2. The van der Waals surface area contributed by atoms with Crippen LogP contribution in [0.1, 0.15) is 12.5 Å². The van der Waals surface area contributed by atoms with Gasteiger partial charge >= 0.3 is 4.87 Å². The highest BCUT2D eigenvalue weighted by molar-refractivity contribution is 7.92. The smallest absolute Gasteiger partial charge is 0.299 e. The third-order valence-electron chi connectivity index (χ3n) is 4.01. The Labute approximate surface area is 152 Å². The number of nitro groups is 1. The molecule has 0 atom stereocenters. The van der Waals surface area contributed by atoms with Gasteiger partial charge in [0, 0.05) is 12.6 Å². The van der Waals surface area contributed by atoms with E-state index >= 15 is 0 Å². The van der Waals surface area contributed by atoms with Gasteiger partial charge in [0.05, 0.1) is 31.3 Å². The van der Waals surface area contributed by atoms with Crippen LogP contribution in [-0.2, 0) is 16.6 Å². The zero-order valence-corrected chi connectivity index (χ0v) is 15.6. The highest BCUT2D eigenvalue weighted by Gasteiger charge is 2.20. The van der Waals surface area contributed by atoms with E-state index in [0.717, 1.165) is 11.3 Å². The predicted octanol–water partition coefficient (Wildman–Crippen LogP) is 3.10. The third-order valence-corrected chi connectivity index (χ3v) is 6.32. The summed E-state index contributed by atoms with van der Waals surface area (Å²) in [5.41, 5.74) is 0.870. The largest absolute Gasteiger partial charge is 0.308 e. The van der Waals surface area contributed by atoms with Crippen molar-refractivity contribution in [2.75, 3.05) is 4.72 Å². The monoisotopic (exact) mass is 393 g/mol. The summed E-state index contributed by atoms with van der Waals surface area (Å²) in [6.45, 7) is 3.81. The molecule has 1 heterocycles. The Morgan fingerprint density at radius 3 is 2.65 bits per heavy atom. The van der Waals surface area contributed by atoms with Gasteiger partial charge in [0.25, 0.3) is 15.7 Å². The quantitative estimate of drug-likeness (QED) is 0.529. The highest BCUT2D eigenvalue weighted by Crippen LogP contribution is 2.28. The fraction of sp³-hybridized carbons (Fsp3) is 0.188. The van der Waals surface area contributed by atoms with Gasteiger partial charge in [-0.15, -0.1) is 0 Å². The number of aromatic nitrogens is 1. The van der Waals surface area contributed by atoms with Crippen LogP contribution in [0.25, 0.3) is 10.2 Å². The number of anilines is 1. The summed E-state index contributed by atoms with van der Waals surface area (Å²) < 4.78 is 29.9. The van der Waals surface area contributed by atoms with Crippen molar-refractivity contribution in [3.63, 3.8) is 0 Å². The number of thiazole rings is 1. The molecule has 26 heavy (non-hydrogen) atoms. The van der Waals surface area contributed by atoms with Crippen LogP contribution in [0.5, 0.6) is 0 Å². The molecule has 0 unspecified atom stereocenters. The fourth-order valence-corrected chi connectivity index (χ4v) is 4.87. The number of sulfonamides is 1. The number of hydrogen-bond acceptors (Lipinski definition) is 6. The lowest BCUT2D eigenvalue weighted by Gasteiger charge is -2.11. The number of fused-ring (bicyclic) bond motifs is 1. The average Bonchev–Trinajstić information content (AvgIpc) is 2.90. The molecule has 10 heteroatoms. The maximum Gasteiger partial charge on any atom is 0.308 e. The second kappa shape index (κ2) is 6.54. The van der Waals surface area contributed by atoms with Gasteiger partial charge in [-0.05, 0) is 38.1 Å². The van der Waals surface area contributed by atoms with Gasteiger partial charge in [-0.3, -0.25) is 24.2 Å². The van der Waals surface area contributed by atoms with Gasteiger partial charge in [-0.2, -0.15) is 0 Å². The maximum absolute atomic E-state index is 12.7. The van der Waals surface area contributed by atoms with E-state index < -0.39 is 14.9 Å². The summed E-state index contributed by atoms with van der Waals surface area (Å²) in [7, 11) is -3.96. The van der Waals surface area contributed by atoms with Crippen LogP contribution in [-0.4, -0.2) is 17.9 Å². The standard InChI is InChI=1S/C16H15N3O5S2/c1-3-18-14-8-7-11(9-15(14)25-16(18)20)26(23,24)17-12-5-4-6-13(10(12)2)19(21)22/h4-9,17H,3H2,1-2H3. The predicted molar refractivity (Wildman–Crippen MR) is 100 cm³/mol. The first-order valence-electron chi connectivity index (χ1n) is 7.65. The minimum atomic E-state index is -3.96. The summed E-state index contributed by atoms with van der Waals surface area (Å²) in [4.78, 5) is 22.2. The minimum absolute atomic E-state index is 0.0135. The summed E-state index contributed by atoms with van der Waals surface area (Å²) in [6.07, 6.45) is 0. The van der Waals surface area contributed by atoms with Crippen LogP contribution in [0.15, 0.2) is 46.1 Å². The summed E-state index contributed by atoms with van der Waals surface area (Å²) in [5.74, 6) is 0. The SMILES string of the molecule is CCn1c(=O)sc2cc(S(=O)(=O)Nc3cccc([N+](=O)[O-])c3C)ccc21. The van der Waals surface area contributed by atoms with E-state index in [-0.39, 0.29) is 26.7 Å². The summed E-state index contributed by atoms with van der Waals surface area (Å²) >= 11 is 0.975. The van der Waals surface area contributed by atoms with E-state index in [1.54, 1.807) is 10.6 Å². The fourth-order valence-electron chi connectivity index (χ4n) is 2.65. The second-order valence-electron chi connectivity index (χ2n) is 5.55. The number of nitrogens with one attached hydrogen (secondary N) is 1. The molecule has 0 aliphatic rings. The van der Waals surface area contributed by atoms with Crippen LogP contribution in [0.2, 0.25) is 0 Å². The first-order chi connectivity index (χ1) is 12.2. The first kappa shape index (κ1) is 18.1. The van der Waals surface area contributed by atoms with Crippen LogP contribution in [0.4, 0.5) is 11.4 Å².